The molecule has 128 valence electrons. The van der Waals surface area contributed by atoms with Crippen molar-refractivity contribution in [2.24, 2.45) is 0 Å². The van der Waals surface area contributed by atoms with Crippen LogP contribution in [0.15, 0.2) is 0 Å². The maximum atomic E-state index is 12.3. The highest BCUT2D eigenvalue weighted by molar-refractivity contribution is 5.91. The van der Waals surface area contributed by atoms with Gasteiger partial charge in [0.15, 0.2) is 0 Å². The molecule has 0 aromatic carbocycles. The van der Waals surface area contributed by atoms with E-state index in [2.05, 4.69) is 27.2 Å². The summed E-state index contributed by atoms with van der Waals surface area (Å²) in [5.74, 6) is 0.258. The van der Waals surface area contributed by atoms with E-state index in [0.29, 0.717) is 32.3 Å². The molecule has 2 rings (SSSR count). The Morgan fingerprint density at radius 1 is 1.30 bits per heavy atom. The molecular formula is C15H26N6O2. The Morgan fingerprint density at radius 3 is 2.74 bits per heavy atom. The van der Waals surface area contributed by atoms with E-state index in [1.165, 1.54) is 6.42 Å². The van der Waals surface area contributed by atoms with Crippen LogP contribution >= 0.6 is 0 Å². The first-order chi connectivity index (χ1) is 11.1. The van der Waals surface area contributed by atoms with Crippen LogP contribution in [0.5, 0.6) is 0 Å². The zero-order valence-corrected chi connectivity index (χ0v) is 13.9. The number of anilines is 2. The van der Waals surface area contributed by atoms with E-state index in [1.54, 1.807) is 0 Å². The molecule has 1 saturated heterocycles. The van der Waals surface area contributed by atoms with E-state index in [1.807, 2.05) is 11.8 Å². The lowest BCUT2D eigenvalue weighted by atomic mass is 10.1. The fraction of sp³-hybridized carbons (Fsp3) is 0.733. The number of nitrogens with one attached hydrogen (secondary N) is 1. The van der Waals surface area contributed by atoms with Crippen LogP contribution in [0.25, 0.3) is 0 Å². The highest BCUT2D eigenvalue weighted by atomic mass is 16.5. The Balaban J connectivity index is 2.00. The van der Waals surface area contributed by atoms with Crippen molar-refractivity contribution >= 4 is 17.8 Å². The molecule has 1 unspecified atom stereocenters. The number of nitrogens with zero attached hydrogens (tertiary/aromatic N) is 4. The molecule has 0 spiro atoms. The van der Waals surface area contributed by atoms with Gasteiger partial charge in [-0.3, -0.25) is 4.79 Å². The van der Waals surface area contributed by atoms with Crippen LogP contribution < -0.4 is 16.0 Å². The number of nitrogen functional groups attached to an aromatic ring is 1. The number of hydrogen-bond donors (Lipinski definition) is 2. The molecule has 1 fully saturated rings. The number of unbranched alkanes of at least 4 members (excludes halogenated alkanes) is 2. The molecule has 23 heavy (non-hydrogen) atoms. The Morgan fingerprint density at radius 2 is 2.04 bits per heavy atom. The molecule has 3 N–H and O–H groups in total. The highest BCUT2D eigenvalue weighted by Crippen LogP contribution is 2.11. The van der Waals surface area contributed by atoms with Gasteiger partial charge in [-0.2, -0.15) is 15.0 Å². The molecule has 8 nitrogen and oxygen atoms in total. The minimum Gasteiger partial charge on any atom is -0.378 e. The first-order valence-electron chi connectivity index (χ1n) is 8.25. The average Bonchev–Trinajstić information content (AvgIpc) is 2.55. The topological polar surface area (TPSA) is 106 Å². The number of aromatic nitrogens is 3. The maximum Gasteiger partial charge on any atom is 0.289 e. The van der Waals surface area contributed by atoms with Gasteiger partial charge in [-0.15, -0.1) is 0 Å². The first-order valence-corrected chi connectivity index (χ1v) is 8.25. The molecule has 1 aliphatic heterocycles. The Bertz CT molecular complexity index is 519. The summed E-state index contributed by atoms with van der Waals surface area (Å²) in [6, 6.07) is 0.0823. The smallest absolute Gasteiger partial charge is 0.289 e. The summed E-state index contributed by atoms with van der Waals surface area (Å²) in [5, 5.41) is 2.92. The fourth-order valence-electron chi connectivity index (χ4n) is 2.45. The largest absolute Gasteiger partial charge is 0.378 e. The van der Waals surface area contributed by atoms with Gasteiger partial charge in [0.05, 0.1) is 13.2 Å². The van der Waals surface area contributed by atoms with Gasteiger partial charge in [0, 0.05) is 19.1 Å². The number of morpholine rings is 1. The van der Waals surface area contributed by atoms with Crippen molar-refractivity contribution in [2.75, 3.05) is 36.9 Å². The molecular weight excluding hydrogens is 296 g/mol. The van der Waals surface area contributed by atoms with Gasteiger partial charge in [-0.1, -0.05) is 26.2 Å². The van der Waals surface area contributed by atoms with Crippen molar-refractivity contribution in [3.05, 3.63) is 5.82 Å². The van der Waals surface area contributed by atoms with Gasteiger partial charge in [-0.05, 0) is 13.3 Å². The lowest BCUT2D eigenvalue weighted by Gasteiger charge is -2.26. The van der Waals surface area contributed by atoms with Gasteiger partial charge in [0.1, 0.15) is 0 Å². The number of nitrogens with two attached hydrogens (primary N) is 1. The number of carbonyl (C=O) groups is 1. The van der Waals surface area contributed by atoms with Crippen LogP contribution in [-0.4, -0.2) is 53.2 Å². The van der Waals surface area contributed by atoms with Crippen molar-refractivity contribution in [2.45, 2.75) is 45.6 Å². The lowest BCUT2D eigenvalue weighted by molar-refractivity contribution is 0.0927. The molecule has 1 atom stereocenters. The maximum absolute atomic E-state index is 12.3. The summed E-state index contributed by atoms with van der Waals surface area (Å²) in [7, 11) is 0. The number of amides is 1. The third kappa shape index (κ3) is 5.31. The molecule has 0 bridgehead atoms. The number of hydrogen-bond acceptors (Lipinski definition) is 7. The summed E-state index contributed by atoms with van der Waals surface area (Å²) >= 11 is 0. The van der Waals surface area contributed by atoms with Crippen LogP contribution in [0.1, 0.15) is 50.1 Å². The predicted octanol–water partition coefficient (Wildman–Crippen LogP) is 0.989. The molecule has 1 amide bonds. The number of rotatable bonds is 7. The van der Waals surface area contributed by atoms with Crippen molar-refractivity contribution in [1.82, 2.24) is 20.3 Å². The van der Waals surface area contributed by atoms with Gasteiger partial charge in [0.2, 0.25) is 17.7 Å². The van der Waals surface area contributed by atoms with E-state index in [-0.39, 0.29) is 23.7 Å². The standard InChI is InChI=1S/C15H26N6O2/c1-3-4-5-6-11(2)17-13(22)12-18-14(16)20-15(19-12)21-7-9-23-10-8-21/h11H,3-10H2,1-2H3,(H,17,22)(H2,16,18,19,20). The molecule has 0 saturated carbocycles. The summed E-state index contributed by atoms with van der Waals surface area (Å²) in [5.41, 5.74) is 5.73. The van der Waals surface area contributed by atoms with Gasteiger partial charge < -0.3 is 20.7 Å². The summed E-state index contributed by atoms with van der Waals surface area (Å²) in [6.45, 7) is 6.73. The molecule has 1 aliphatic rings. The van der Waals surface area contributed by atoms with Crippen molar-refractivity contribution in [3.8, 4) is 0 Å². The number of ether oxygens (including phenoxy) is 1. The summed E-state index contributed by atoms with van der Waals surface area (Å²) in [6.07, 6.45) is 4.36. The second-order valence-corrected chi connectivity index (χ2v) is 5.79. The third-order valence-corrected chi connectivity index (χ3v) is 3.76. The lowest BCUT2D eigenvalue weighted by Crippen LogP contribution is -2.39. The van der Waals surface area contributed by atoms with Crippen molar-refractivity contribution in [1.29, 1.82) is 0 Å². The van der Waals surface area contributed by atoms with E-state index in [4.69, 9.17) is 10.5 Å². The first kappa shape index (κ1) is 17.4. The molecule has 1 aromatic rings. The van der Waals surface area contributed by atoms with E-state index in [9.17, 15) is 4.79 Å². The van der Waals surface area contributed by atoms with Crippen molar-refractivity contribution < 1.29 is 9.53 Å². The predicted molar refractivity (Wildman–Crippen MR) is 88.3 cm³/mol. The minimum atomic E-state index is -0.308. The van der Waals surface area contributed by atoms with E-state index >= 15 is 0 Å². The second-order valence-electron chi connectivity index (χ2n) is 5.79. The van der Waals surface area contributed by atoms with Gasteiger partial charge in [0.25, 0.3) is 5.91 Å². The second kappa shape index (κ2) is 8.61. The highest BCUT2D eigenvalue weighted by Gasteiger charge is 2.19. The minimum absolute atomic E-state index is 0.0604. The molecule has 8 heteroatoms. The van der Waals surface area contributed by atoms with E-state index in [0.717, 1.165) is 19.3 Å². The van der Waals surface area contributed by atoms with E-state index < -0.39 is 0 Å². The van der Waals surface area contributed by atoms with Crippen LogP contribution in [0.3, 0.4) is 0 Å². The quantitative estimate of drug-likeness (QED) is 0.721. The molecule has 1 aromatic heterocycles. The zero-order valence-electron chi connectivity index (χ0n) is 13.9. The SMILES string of the molecule is CCCCCC(C)NC(=O)c1nc(N)nc(N2CCOCC2)n1. The Kier molecular flexibility index (Phi) is 6.52. The molecule has 0 aliphatic carbocycles. The summed E-state index contributed by atoms with van der Waals surface area (Å²) in [4.78, 5) is 26.6. The third-order valence-electron chi connectivity index (χ3n) is 3.76. The van der Waals surface area contributed by atoms with Crippen LogP contribution in [-0.2, 0) is 4.74 Å². The van der Waals surface area contributed by atoms with Crippen molar-refractivity contribution in [3.63, 3.8) is 0 Å². The van der Waals surface area contributed by atoms with Gasteiger partial charge in [-0.25, -0.2) is 0 Å². The number of carbonyl (C=O) groups excluding carboxylic acids is 1. The normalized spacial score (nSPS) is 16.2. The molecule has 0 radical (unpaired) electrons. The monoisotopic (exact) mass is 322 g/mol. The summed E-state index contributed by atoms with van der Waals surface area (Å²) < 4.78 is 5.31. The van der Waals surface area contributed by atoms with Crippen LogP contribution in [0.4, 0.5) is 11.9 Å². The fourth-order valence-corrected chi connectivity index (χ4v) is 2.45. The molecule has 2 heterocycles. The average molecular weight is 322 g/mol. The Labute approximate surface area is 136 Å². The Hall–Kier alpha value is -1.96. The zero-order chi connectivity index (χ0) is 16.7. The van der Waals surface area contributed by atoms with Crippen LogP contribution in [0.2, 0.25) is 0 Å². The van der Waals surface area contributed by atoms with Crippen LogP contribution in [0, 0.1) is 0 Å². The van der Waals surface area contributed by atoms with Gasteiger partial charge >= 0.3 is 0 Å².